The molecule has 1 saturated heterocycles. The predicted molar refractivity (Wildman–Crippen MR) is 89.0 cm³/mol. The largest absolute Gasteiger partial charge is 0.352 e. The molecule has 0 radical (unpaired) electrons. The Morgan fingerprint density at radius 2 is 1.74 bits per heavy atom. The van der Waals surface area contributed by atoms with Crippen molar-refractivity contribution >= 4 is 11.8 Å². The normalized spacial score (nSPS) is 25.8. The predicted octanol–water partition coefficient (Wildman–Crippen LogP) is 0.282. The molecular weight excluding hydrogens is 292 g/mol. The van der Waals surface area contributed by atoms with E-state index in [1.165, 1.54) is 0 Å². The molecule has 0 aromatic carbocycles. The molecule has 130 valence electrons. The van der Waals surface area contributed by atoms with Gasteiger partial charge in [-0.05, 0) is 53.1 Å². The maximum atomic E-state index is 12.9. The maximum Gasteiger partial charge on any atom is 0.243 e. The van der Waals surface area contributed by atoms with Crippen molar-refractivity contribution in [2.24, 2.45) is 0 Å². The van der Waals surface area contributed by atoms with Crippen LogP contribution in [-0.2, 0) is 9.59 Å². The summed E-state index contributed by atoms with van der Waals surface area (Å²) in [5, 5.41) is 3.07. The molecule has 3 aliphatic rings. The average Bonchev–Trinajstić information content (AvgIpc) is 3.29. The molecule has 0 unspecified atom stereocenters. The van der Waals surface area contributed by atoms with Crippen LogP contribution in [0.3, 0.4) is 0 Å². The van der Waals surface area contributed by atoms with Gasteiger partial charge in [0, 0.05) is 32.2 Å². The van der Waals surface area contributed by atoms with Gasteiger partial charge in [-0.1, -0.05) is 0 Å². The molecule has 0 spiro atoms. The van der Waals surface area contributed by atoms with Crippen molar-refractivity contribution in [2.75, 3.05) is 40.3 Å². The molecular formula is C17H30N4O2. The average molecular weight is 322 g/mol. The fourth-order valence-corrected chi connectivity index (χ4v) is 3.69. The molecule has 0 aromatic heterocycles. The third kappa shape index (κ3) is 3.24. The van der Waals surface area contributed by atoms with E-state index in [2.05, 4.69) is 15.1 Å². The number of likely N-dealkylation sites (N-methyl/N-ethyl adjacent to an activating group) is 1. The summed E-state index contributed by atoms with van der Waals surface area (Å²) in [7, 11) is 4.02. The molecule has 2 amide bonds. The Labute approximate surface area is 139 Å². The second kappa shape index (κ2) is 6.40. The smallest absolute Gasteiger partial charge is 0.243 e. The molecule has 2 saturated carbocycles. The maximum absolute atomic E-state index is 12.9. The van der Waals surface area contributed by atoms with E-state index in [1.807, 2.05) is 25.9 Å². The van der Waals surface area contributed by atoms with Gasteiger partial charge in [-0.2, -0.15) is 0 Å². The fraction of sp³-hybridized carbons (Fsp3) is 0.882. The molecule has 0 aromatic rings. The third-order valence-corrected chi connectivity index (χ3v) is 5.89. The van der Waals surface area contributed by atoms with E-state index < -0.39 is 0 Å². The van der Waals surface area contributed by atoms with Crippen molar-refractivity contribution in [3.63, 3.8) is 0 Å². The van der Waals surface area contributed by atoms with Crippen LogP contribution in [-0.4, -0.2) is 84.4 Å². The number of nitrogens with zero attached hydrogens (tertiary/aromatic N) is 3. The molecule has 1 N–H and O–H groups in total. The number of hydrogen-bond acceptors (Lipinski definition) is 4. The minimum atomic E-state index is -0.267. The van der Waals surface area contributed by atoms with Crippen LogP contribution in [0.2, 0.25) is 0 Å². The zero-order chi connectivity index (χ0) is 16.6. The minimum Gasteiger partial charge on any atom is -0.352 e. The van der Waals surface area contributed by atoms with Crippen LogP contribution in [0, 0.1) is 0 Å². The zero-order valence-electron chi connectivity index (χ0n) is 14.7. The van der Waals surface area contributed by atoms with Crippen molar-refractivity contribution in [3.05, 3.63) is 0 Å². The summed E-state index contributed by atoms with van der Waals surface area (Å²) in [6.07, 6.45) is 5.32. The van der Waals surface area contributed by atoms with Crippen molar-refractivity contribution in [2.45, 2.75) is 56.7 Å². The highest BCUT2D eigenvalue weighted by atomic mass is 16.2. The quantitative estimate of drug-likeness (QED) is 0.790. The summed E-state index contributed by atoms with van der Waals surface area (Å²) >= 11 is 0. The van der Waals surface area contributed by atoms with Crippen LogP contribution in [0.25, 0.3) is 0 Å². The Balaban J connectivity index is 1.51. The highest BCUT2D eigenvalue weighted by Crippen LogP contribution is 2.38. The van der Waals surface area contributed by atoms with Gasteiger partial charge in [-0.25, -0.2) is 0 Å². The van der Waals surface area contributed by atoms with Gasteiger partial charge in [0.25, 0.3) is 0 Å². The van der Waals surface area contributed by atoms with Crippen LogP contribution < -0.4 is 5.32 Å². The molecule has 1 heterocycles. The number of rotatable bonds is 5. The van der Waals surface area contributed by atoms with Crippen LogP contribution >= 0.6 is 0 Å². The van der Waals surface area contributed by atoms with Crippen LogP contribution in [0.1, 0.15) is 39.0 Å². The number of carbonyl (C=O) groups is 2. The molecule has 6 nitrogen and oxygen atoms in total. The SMILES string of the molecule is C[C@H](C(=O)NC1CC1)N1CCN(C(=O)C2(N(C)C)CCC2)CC1. The van der Waals surface area contributed by atoms with Gasteiger partial charge < -0.3 is 10.2 Å². The molecule has 1 aliphatic heterocycles. The summed E-state index contributed by atoms with van der Waals surface area (Å²) in [5.41, 5.74) is -0.267. The first-order valence-electron chi connectivity index (χ1n) is 8.95. The van der Waals surface area contributed by atoms with E-state index in [9.17, 15) is 9.59 Å². The summed E-state index contributed by atoms with van der Waals surface area (Å²) in [4.78, 5) is 31.4. The summed E-state index contributed by atoms with van der Waals surface area (Å²) in [6, 6.07) is 0.311. The first-order valence-corrected chi connectivity index (χ1v) is 8.95. The Morgan fingerprint density at radius 3 is 2.17 bits per heavy atom. The number of amides is 2. The lowest BCUT2D eigenvalue weighted by Gasteiger charge is -2.49. The number of carbonyl (C=O) groups excluding carboxylic acids is 2. The topological polar surface area (TPSA) is 55.9 Å². The molecule has 23 heavy (non-hydrogen) atoms. The van der Waals surface area contributed by atoms with Gasteiger partial charge in [0.15, 0.2) is 0 Å². The lowest BCUT2D eigenvalue weighted by molar-refractivity contribution is -0.151. The molecule has 0 bridgehead atoms. The molecule has 3 rings (SSSR count). The lowest BCUT2D eigenvalue weighted by Crippen LogP contribution is -2.64. The highest BCUT2D eigenvalue weighted by Gasteiger charge is 2.48. The zero-order valence-corrected chi connectivity index (χ0v) is 14.7. The second-order valence-corrected chi connectivity index (χ2v) is 7.57. The fourth-order valence-electron chi connectivity index (χ4n) is 3.69. The Hall–Kier alpha value is -1.14. The Kier molecular flexibility index (Phi) is 4.65. The molecule has 1 atom stereocenters. The molecule has 3 fully saturated rings. The van der Waals surface area contributed by atoms with Crippen LogP contribution in [0.5, 0.6) is 0 Å². The van der Waals surface area contributed by atoms with E-state index in [-0.39, 0.29) is 23.4 Å². The van der Waals surface area contributed by atoms with Gasteiger partial charge in [-0.3, -0.25) is 19.4 Å². The van der Waals surface area contributed by atoms with Gasteiger partial charge in [-0.15, -0.1) is 0 Å². The van der Waals surface area contributed by atoms with E-state index in [4.69, 9.17) is 0 Å². The lowest BCUT2D eigenvalue weighted by atomic mass is 9.74. The van der Waals surface area contributed by atoms with Crippen molar-refractivity contribution in [3.8, 4) is 0 Å². The van der Waals surface area contributed by atoms with E-state index in [0.29, 0.717) is 6.04 Å². The highest BCUT2D eigenvalue weighted by molar-refractivity contribution is 5.87. The Bertz CT molecular complexity index is 463. The van der Waals surface area contributed by atoms with Gasteiger partial charge in [0.1, 0.15) is 5.54 Å². The first-order chi connectivity index (χ1) is 10.9. The number of hydrogen-bond donors (Lipinski definition) is 1. The van der Waals surface area contributed by atoms with Crippen LogP contribution in [0.15, 0.2) is 0 Å². The summed E-state index contributed by atoms with van der Waals surface area (Å²) in [5.74, 6) is 0.416. The van der Waals surface area contributed by atoms with E-state index >= 15 is 0 Å². The minimum absolute atomic E-state index is 0.0978. The van der Waals surface area contributed by atoms with Crippen molar-refractivity contribution in [1.29, 1.82) is 0 Å². The van der Waals surface area contributed by atoms with Gasteiger partial charge >= 0.3 is 0 Å². The standard InChI is InChI=1S/C17H30N4O2/c1-13(15(22)18-14-5-6-14)20-9-11-21(12-10-20)16(23)17(19(2)3)7-4-8-17/h13-14H,4-12H2,1-3H3,(H,18,22)/t13-/m1/s1. The van der Waals surface area contributed by atoms with Crippen LogP contribution in [0.4, 0.5) is 0 Å². The van der Waals surface area contributed by atoms with Crippen molar-refractivity contribution < 1.29 is 9.59 Å². The first kappa shape index (κ1) is 16.7. The number of piperazine rings is 1. The Morgan fingerprint density at radius 1 is 1.13 bits per heavy atom. The third-order valence-electron chi connectivity index (χ3n) is 5.89. The molecule has 6 heteroatoms. The van der Waals surface area contributed by atoms with E-state index in [1.54, 1.807) is 0 Å². The summed E-state index contributed by atoms with van der Waals surface area (Å²) in [6.45, 7) is 5.01. The monoisotopic (exact) mass is 322 g/mol. The molecule has 2 aliphatic carbocycles. The second-order valence-electron chi connectivity index (χ2n) is 7.57. The van der Waals surface area contributed by atoms with E-state index in [0.717, 1.165) is 58.3 Å². The number of nitrogens with one attached hydrogen (secondary N) is 1. The van der Waals surface area contributed by atoms with Gasteiger partial charge in [0.2, 0.25) is 11.8 Å². The summed E-state index contributed by atoms with van der Waals surface area (Å²) < 4.78 is 0. The van der Waals surface area contributed by atoms with Gasteiger partial charge in [0.05, 0.1) is 6.04 Å². The van der Waals surface area contributed by atoms with Crippen molar-refractivity contribution in [1.82, 2.24) is 20.0 Å².